The molecule has 5 rings (SSSR count). The third kappa shape index (κ3) is 5.68. The predicted octanol–water partition coefficient (Wildman–Crippen LogP) is 3.39. The lowest BCUT2D eigenvalue weighted by molar-refractivity contribution is -0.0888. The normalized spacial score (nSPS) is 22.8. The van der Waals surface area contributed by atoms with E-state index in [0.717, 1.165) is 61.5 Å². The molecule has 3 aliphatic heterocycles. The zero-order valence-corrected chi connectivity index (χ0v) is 23.6. The summed E-state index contributed by atoms with van der Waals surface area (Å²) in [4.78, 5) is 23.8. The second kappa shape index (κ2) is 11.6. The number of hydrogen-bond acceptors (Lipinski definition) is 6. The number of piperidine rings is 1. The van der Waals surface area contributed by atoms with Gasteiger partial charge in [-0.2, -0.15) is 5.10 Å². The van der Waals surface area contributed by atoms with E-state index in [-0.39, 0.29) is 36.3 Å². The fourth-order valence-corrected chi connectivity index (χ4v) is 6.11. The highest BCUT2D eigenvalue weighted by atomic mass is 19.1. The van der Waals surface area contributed by atoms with Crippen LogP contribution < -0.4 is 10.2 Å². The van der Waals surface area contributed by atoms with Gasteiger partial charge in [0.25, 0.3) is 0 Å². The zero-order chi connectivity index (χ0) is 27.6. The summed E-state index contributed by atoms with van der Waals surface area (Å²) in [5.41, 5.74) is 3.89. The molecule has 2 atom stereocenters. The van der Waals surface area contributed by atoms with Crippen LogP contribution in [0.3, 0.4) is 0 Å². The fourth-order valence-electron chi connectivity index (χ4n) is 6.11. The summed E-state index contributed by atoms with van der Waals surface area (Å²) in [7, 11) is 1.80. The largest absolute Gasteiger partial charge is 0.377 e. The van der Waals surface area contributed by atoms with Gasteiger partial charge in [-0.3, -0.25) is 9.89 Å². The number of anilines is 1. The van der Waals surface area contributed by atoms with Crippen LogP contribution in [-0.4, -0.2) is 108 Å². The average molecular weight is 540 g/mol. The zero-order valence-electron chi connectivity index (χ0n) is 23.6. The first kappa shape index (κ1) is 27.6. The van der Waals surface area contributed by atoms with E-state index >= 15 is 0 Å². The van der Waals surface area contributed by atoms with Crippen LogP contribution >= 0.6 is 0 Å². The monoisotopic (exact) mass is 539 g/mol. The molecule has 2 unspecified atom stereocenters. The number of dihydropyridines is 1. The number of ether oxygens (including phenoxy) is 1. The minimum Gasteiger partial charge on any atom is -0.377 e. The molecule has 0 aliphatic carbocycles. The van der Waals surface area contributed by atoms with Crippen molar-refractivity contribution in [2.24, 2.45) is 10.9 Å². The quantitative estimate of drug-likeness (QED) is 0.584. The summed E-state index contributed by atoms with van der Waals surface area (Å²) in [5.74, 6) is 0.198. The number of carbonyl (C=O) groups excluding carboxylic acids is 1. The van der Waals surface area contributed by atoms with Crippen molar-refractivity contribution < 1.29 is 13.9 Å². The van der Waals surface area contributed by atoms with Crippen LogP contribution in [-0.2, 0) is 4.74 Å². The summed E-state index contributed by atoms with van der Waals surface area (Å²) in [5, 5.41) is 7.54. The maximum atomic E-state index is 13.2. The number of methoxy groups -OCH3 is 1. The van der Waals surface area contributed by atoms with Gasteiger partial charge in [0.05, 0.1) is 22.5 Å². The average Bonchev–Trinajstić information content (AvgIpc) is 3.41. The summed E-state index contributed by atoms with van der Waals surface area (Å²) in [6, 6.07) is 4.31. The molecule has 212 valence electrons. The maximum absolute atomic E-state index is 13.2. The minimum atomic E-state index is -0.314. The molecule has 10 heteroatoms. The number of hydrogen-bond donors (Lipinski definition) is 1. The number of fused-ring (bicyclic) bond motifs is 1. The van der Waals surface area contributed by atoms with Crippen LogP contribution in [0, 0.1) is 5.92 Å². The number of amides is 2. The number of aromatic nitrogens is 2. The Morgan fingerprint density at radius 2 is 1.92 bits per heavy atom. The van der Waals surface area contributed by atoms with Crippen molar-refractivity contribution in [3.63, 3.8) is 0 Å². The Morgan fingerprint density at radius 3 is 2.54 bits per heavy atom. The second-order valence-electron chi connectivity index (χ2n) is 11.4. The van der Waals surface area contributed by atoms with E-state index in [1.807, 2.05) is 42.6 Å². The Balaban J connectivity index is 1.26. The van der Waals surface area contributed by atoms with Crippen molar-refractivity contribution in [2.45, 2.75) is 51.3 Å². The van der Waals surface area contributed by atoms with Gasteiger partial charge in [-0.1, -0.05) is 6.08 Å². The van der Waals surface area contributed by atoms with Crippen LogP contribution in [0.1, 0.15) is 39.2 Å². The summed E-state index contributed by atoms with van der Waals surface area (Å²) < 4.78 is 21.2. The molecule has 5 heterocycles. The number of alkyl halides is 1. The number of likely N-dealkylation sites (tertiary alicyclic amines) is 1. The summed E-state index contributed by atoms with van der Waals surface area (Å²) in [6.07, 6.45) is 9.99. The Bertz CT molecular complexity index is 1210. The molecule has 3 aliphatic rings. The van der Waals surface area contributed by atoms with Gasteiger partial charge in [-0.25, -0.2) is 13.7 Å². The van der Waals surface area contributed by atoms with Crippen LogP contribution in [0.4, 0.5) is 14.9 Å². The van der Waals surface area contributed by atoms with Crippen LogP contribution in [0.5, 0.6) is 0 Å². The number of aliphatic imine (C=N–C) groups is 1. The molecular weight excluding hydrogens is 497 g/mol. The molecule has 0 aromatic carbocycles. The third-order valence-electron chi connectivity index (χ3n) is 8.62. The van der Waals surface area contributed by atoms with Crippen LogP contribution in [0.25, 0.3) is 5.52 Å². The lowest BCUT2D eigenvalue weighted by Crippen LogP contribution is -2.53. The highest BCUT2D eigenvalue weighted by molar-refractivity contribution is 6.10. The minimum absolute atomic E-state index is 0.00465. The number of halogens is 1. The molecular formula is C29H42FN7O2. The second-order valence-corrected chi connectivity index (χ2v) is 11.4. The first-order valence-electron chi connectivity index (χ1n) is 14.2. The maximum Gasteiger partial charge on any atom is 0.317 e. The smallest absolute Gasteiger partial charge is 0.317 e. The van der Waals surface area contributed by atoms with Crippen molar-refractivity contribution >= 4 is 22.9 Å². The first-order chi connectivity index (χ1) is 18.8. The molecule has 39 heavy (non-hydrogen) atoms. The number of urea groups is 1. The van der Waals surface area contributed by atoms with Gasteiger partial charge in [0.15, 0.2) is 0 Å². The lowest BCUT2D eigenvalue weighted by atomic mass is 9.77. The van der Waals surface area contributed by atoms with Crippen molar-refractivity contribution in [3.05, 3.63) is 42.2 Å². The number of rotatable bonds is 7. The Kier molecular flexibility index (Phi) is 8.23. The topological polar surface area (TPSA) is 77.7 Å². The summed E-state index contributed by atoms with van der Waals surface area (Å²) >= 11 is 0. The van der Waals surface area contributed by atoms with Crippen molar-refractivity contribution in [2.75, 3.05) is 64.5 Å². The molecule has 9 nitrogen and oxygen atoms in total. The highest BCUT2D eigenvalue weighted by Crippen LogP contribution is 2.36. The van der Waals surface area contributed by atoms with Crippen molar-refractivity contribution in [3.8, 4) is 0 Å². The number of nitrogens with one attached hydrogen (secondary N) is 1. The van der Waals surface area contributed by atoms with E-state index in [1.54, 1.807) is 7.11 Å². The van der Waals surface area contributed by atoms with Gasteiger partial charge in [0.1, 0.15) is 6.67 Å². The van der Waals surface area contributed by atoms with E-state index in [2.05, 4.69) is 44.5 Å². The molecule has 2 saturated heterocycles. The highest BCUT2D eigenvalue weighted by Gasteiger charge is 2.42. The number of allylic oxidation sites excluding steroid dienone is 1. The number of nitrogens with zero attached hydrogens (tertiary/aromatic N) is 6. The van der Waals surface area contributed by atoms with E-state index in [0.29, 0.717) is 19.6 Å². The van der Waals surface area contributed by atoms with Gasteiger partial charge >= 0.3 is 6.03 Å². The van der Waals surface area contributed by atoms with E-state index < -0.39 is 0 Å². The lowest BCUT2D eigenvalue weighted by Gasteiger charge is -2.46. The predicted molar refractivity (Wildman–Crippen MR) is 153 cm³/mol. The molecule has 0 radical (unpaired) electrons. The van der Waals surface area contributed by atoms with Crippen LogP contribution in [0.15, 0.2) is 41.7 Å². The Morgan fingerprint density at radius 1 is 1.18 bits per heavy atom. The van der Waals surface area contributed by atoms with Gasteiger partial charge in [0.2, 0.25) is 0 Å². The standard InChI is InChI=1S/C29H42FN7O2/c1-21(2)33-28(38)36-15-13-35(14-16-36)26-7-10-32-37-20-23(17-27(26)37)25-6-5-24(19-31-25)29(39-4)8-11-34(12-9-29)22(3)18-30/h5-7,10,17,20-22,24H,8-9,11-16,18-19H2,1-4H3,(H,33,38). The first-order valence-corrected chi connectivity index (χ1v) is 14.2. The third-order valence-corrected chi connectivity index (χ3v) is 8.62. The molecule has 2 aromatic rings. The fraction of sp³-hybridized carbons (Fsp3) is 0.621. The Labute approximate surface area is 230 Å². The molecule has 2 aromatic heterocycles. The van der Waals surface area contributed by atoms with Gasteiger partial charge in [-0.05, 0) is 51.8 Å². The molecule has 2 fully saturated rings. The van der Waals surface area contributed by atoms with Crippen molar-refractivity contribution in [1.29, 1.82) is 0 Å². The molecule has 0 spiro atoms. The molecule has 0 bridgehead atoms. The van der Waals surface area contributed by atoms with Crippen molar-refractivity contribution in [1.82, 2.24) is 24.7 Å². The number of piperazine rings is 1. The van der Waals surface area contributed by atoms with Gasteiger partial charge in [0, 0.05) is 88.9 Å². The van der Waals surface area contributed by atoms with E-state index in [9.17, 15) is 9.18 Å². The van der Waals surface area contributed by atoms with Gasteiger partial charge < -0.3 is 19.9 Å². The molecule has 0 saturated carbocycles. The SMILES string of the molecule is COC1(C2C=CC(c3cc4c(N5CCN(C(=O)NC(C)C)CC5)ccnn4c3)=NC2)CCN(C(C)CF)CC1. The summed E-state index contributed by atoms with van der Waals surface area (Å²) in [6.45, 7) is 10.9. The molecule has 1 N–H and O–H groups in total. The molecule has 2 amide bonds. The van der Waals surface area contributed by atoms with E-state index in [1.165, 1.54) is 0 Å². The van der Waals surface area contributed by atoms with Gasteiger partial charge in [-0.15, -0.1) is 0 Å². The Hall–Kier alpha value is -2.98. The van der Waals surface area contributed by atoms with E-state index in [4.69, 9.17) is 9.73 Å². The van der Waals surface area contributed by atoms with Crippen LogP contribution in [0.2, 0.25) is 0 Å². The number of carbonyl (C=O) groups is 1.